The van der Waals surface area contributed by atoms with Gasteiger partial charge in [0.25, 0.3) is 0 Å². The lowest BCUT2D eigenvalue weighted by atomic mass is 10.1. The predicted octanol–water partition coefficient (Wildman–Crippen LogP) is 2.13. The number of rotatable bonds is 7. The summed E-state index contributed by atoms with van der Waals surface area (Å²) in [4.78, 5) is 0.207. The molecule has 1 N–H and O–H groups in total. The maximum atomic E-state index is 11.4. The van der Waals surface area contributed by atoms with E-state index in [4.69, 9.17) is 0 Å². The standard InChI is InChI=1S/C9H20BrNO2S/c1-4-5-6-14(12,13)11-7-9(10)8(2)3/h8-9,11H,4-7H2,1-3H3. The molecule has 0 heterocycles. The number of alkyl halides is 1. The van der Waals surface area contributed by atoms with Crippen molar-refractivity contribution >= 4 is 26.0 Å². The highest BCUT2D eigenvalue weighted by Crippen LogP contribution is 2.10. The first-order chi connectivity index (χ1) is 6.39. The van der Waals surface area contributed by atoms with Gasteiger partial charge in [-0.1, -0.05) is 43.1 Å². The van der Waals surface area contributed by atoms with Gasteiger partial charge in [0.1, 0.15) is 0 Å². The summed E-state index contributed by atoms with van der Waals surface area (Å²) < 4.78 is 25.4. The molecule has 0 aliphatic rings. The van der Waals surface area contributed by atoms with Gasteiger partial charge in [0.05, 0.1) is 5.75 Å². The van der Waals surface area contributed by atoms with Gasteiger partial charge in [-0.25, -0.2) is 13.1 Å². The first kappa shape index (κ1) is 14.4. The fraction of sp³-hybridized carbons (Fsp3) is 1.00. The van der Waals surface area contributed by atoms with E-state index in [2.05, 4.69) is 34.5 Å². The van der Waals surface area contributed by atoms with Crippen molar-refractivity contribution in [3.05, 3.63) is 0 Å². The second kappa shape index (κ2) is 6.80. The molecular formula is C9H20BrNO2S. The summed E-state index contributed by atoms with van der Waals surface area (Å²) in [5.74, 6) is 0.672. The third-order valence-electron chi connectivity index (χ3n) is 1.99. The Bertz CT molecular complexity index is 239. The van der Waals surface area contributed by atoms with Crippen LogP contribution in [0.5, 0.6) is 0 Å². The fourth-order valence-electron chi connectivity index (χ4n) is 0.849. The summed E-state index contributed by atoms with van der Waals surface area (Å²) in [5.41, 5.74) is 0. The molecule has 0 saturated heterocycles. The molecule has 0 spiro atoms. The molecule has 0 saturated carbocycles. The molecule has 0 rings (SSSR count). The van der Waals surface area contributed by atoms with Crippen molar-refractivity contribution in [2.45, 2.75) is 38.4 Å². The lowest BCUT2D eigenvalue weighted by Crippen LogP contribution is -2.33. The summed E-state index contributed by atoms with van der Waals surface area (Å²) in [6, 6.07) is 0. The van der Waals surface area contributed by atoms with Crippen molar-refractivity contribution < 1.29 is 8.42 Å². The monoisotopic (exact) mass is 285 g/mol. The molecule has 0 bridgehead atoms. The zero-order chi connectivity index (χ0) is 11.2. The van der Waals surface area contributed by atoms with Crippen LogP contribution in [0.1, 0.15) is 33.6 Å². The molecule has 5 heteroatoms. The topological polar surface area (TPSA) is 46.2 Å². The molecule has 0 aliphatic heterocycles. The molecule has 0 aliphatic carbocycles. The van der Waals surface area contributed by atoms with Crippen molar-refractivity contribution in [3.63, 3.8) is 0 Å². The zero-order valence-electron chi connectivity index (χ0n) is 9.09. The first-order valence-corrected chi connectivity index (χ1v) is 7.57. The minimum Gasteiger partial charge on any atom is -0.214 e. The molecule has 0 aromatic heterocycles. The molecule has 0 radical (unpaired) electrons. The van der Waals surface area contributed by atoms with Crippen LogP contribution in [0.3, 0.4) is 0 Å². The van der Waals surface area contributed by atoms with Gasteiger partial charge >= 0.3 is 0 Å². The maximum absolute atomic E-state index is 11.4. The smallest absolute Gasteiger partial charge is 0.211 e. The molecule has 0 aromatic rings. The number of hydrogen-bond donors (Lipinski definition) is 1. The minimum atomic E-state index is -3.05. The van der Waals surface area contributed by atoms with Crippen molar-refractivity contribution in [3.8, 4) is 0 Å². The lowest BCUT2D eigenvalue weighted by Gasteiger charge is -2.14. The molecule has 0 amide bonds. The van der Waals surface area contributed by atoms with E-state index >= 15 is 0 Å². The lowest BCUT2D eigenvalue weighted by molar-refractivity contribution is 0.560. The molecule has 86 valence electrons. The van der Waals surface area contributed by atoms with Gasteiger partial charge in [-0.15, -0.1) is 0 Å². The Labute approximate surface area is 95.8 Å². The predicted molar refractivity (Wildman–Crippen MR) is 64.3 cm³/mol. The largest absolute Gasteiger partial charge is 0.214 e. The third kappa shape index (κ3) is 6.79. The van der Waals surface area contributed by atoms with Crippen LogP contribution in [0, 0.1) is 5.92 Å². The first-order valence-electron chi connectivity index (χ1n) is 5.00. The number of unbranched alkanes of at least 4 members (excludes halogenated alkanes) is 1. The van der Waals surface area contributed by atoms with Crippen LogP contribution in [0.4, 0.5) is 0 Å². The zero-order valence-corrected chi connectivity index (χ0v) is 11.5. The van der Waals surface area contributed by atoms with Crippen molar-refractivity contribution in [2.75, 3.05) is 12.3 Å². The Hall–Kier alpha value is 0.390. The summed E-state index contributed by atoms with van der Waals surface area (Å²) in [6.45, 7) is 6.57. The van der Waals surface area contributed by atoms with E-state index in [9.17, 15) is 8.42 Å². The normalized spacial score (nSPS) is 14.6. The molecular weight excluding hydrogens is 266 g/mol. The van der Waals surface area contributed by atoms with E-state index in [0.29, 0.717) is 12.5 Å². The molecule has 0 aromatic carbocycles. The van der Waals surface area contributed by atoms with E-state index in [1.54, 1.807) is 0 Å². The Kier molecular flexibility index (Phi) is 6.99. The maximum Gasteiger partial charge on any atom is 0.211 e. The van der Waals surface area contributed by atoms with Crippen molar-refractivity contribution in [2.24, 2.45) is 5.92 Å². The van der Waals surface area contributed by atoms with Crippen LogP contribution in [-0.4, -0.2) is 25.5 Å². The van der Waals surface area contributed by atoms with Crippen LogP contribution in [0.2, 0.25) is 0 Å². The van der Waals surface area contributed by atoms with Crippen LogP contribution in [0.25, 0.3) is 0 Å². The Morgan fingerprint density at radius 1 is 1.36 bits per heavy atom. The van der Waals surface area contributed by atoms with Crippen LogP contribution in [0.15, 0.2) is 0 Å². The highest BCUT2D eigenvalue weighted by molar-refractivity contribution is 9.09. The van der Waals surface area contributed by atoms with Gasteiger partial charge in [0.15, 0.2) is 0 Å². The Morgan fingerprint density at radius 2 is 1.93 bits per heavy atom. The van der Waals surface area contributed by atoms with E-state index in [-0.39, 0.29) is 10.6 Å². The Balaban J connectivity index is 3.87. The highest BCUT2D eigenvalue weighted by atomic mass is 79.9. The van der Waals surface area contributed by atoms with E-state index in [1.807, 2.05) is 6.92 Å². The van der Waals surface area contributed by atoms with Crippen LogP contribution < -0.4 is 4.72 Å². The quantitative estimate of drug-likeness (QED) is 0.729. The highest BCUT2D eigenvalue weighted by Gasteiger charge is 2.14. The van der Waals surface area contributed by atoms with E-state index in [0.717, 1.165) is 12.8 Å². The van der Waals surface area contributed by atoms with Gasteiger partial charge < -0.3 is 0 Å². The van der Waals surface area contributed by atoms with Crippen LogP contribution >= 0.6 is 15.9 Å². The molecule has 1 unspecified atom stereocenters. The SMILES string of the molecule is CCCCS(=O)(=O)NCC(Br)C(C)C. The second-order valence-corrected chi connectivity index (χ2v) is 6.88. The average Bonchev–Trinajstić information content (AvgIpc) is 2.11. The van der Waals surface area contributed by atoms with Crippen LogP contribution in [-0.2, 0) is 10.0 Å². The second-order valence-electron chi connectivity index (χ2n) is 3.78. The summed E-state index contributed by atoms with van der Waals surface area (Å²) in [6.07, 6.45) is 1.63. The average molecular weight is 286 g/mol. The number of hydrogen-bond acceptors (Lipinski definition) is 2. The number of nitrogens with one attached hydrogen (secondary N) is 1. The molecule has 0 fully saturated rings. The summed E-state index contributed by atoms with van der Waals surface area (Å²) in [5, 5.41) is 0. The van der Waals surface area contributed by atoms with Gasteiger partial charge in [-0.05, 0) is 12.3 Å². The molecule has 14 heavy (non-hydrogen) atoms. The van der Waals surface area contributed by atoms with E-state index < -0.39 is 10.0 Å². The van der Waals surface area contributed by atoms with Gasteiger partial charge in [-0.2, -0.15) is 0 Å². The van der Waals surface area contributed by atoms with E-state index in [1.165, 1.54) is 0 Å². The van der Waals surface area contributed by atoms with Crippen molar-refractivity contribution in [1.82, 2.24) is 4.72 Å². The summed E-state index contributed by atoms with van der Waals surface area (Å²) in [7, 11) is -3.05. The molecule has 3 nitrogen and oxygen atoms in total. The van der Waals surface area contributed by atoms with Gasteiger partial charge in [0, 0.05) is 11.4 Å². The Morgan fingerprint density at radius 3 is 2.36 bits per heavy atom. The minimum absolute atomic E-state index is 0.207. The van der Waals surface area contributed by atoms with Gasteiger partial charge in [-0.3, -0.25) is 0 Å². The van der Waals surface area contributed by atoms with Gasteiger partial charge in [0.2, 0.25) is 10.0 Å². The van der Waals surface area contributed by atoms with Crippen molar-refractivity contribution in [1.29, 1.82) is 0 Å². The third-order valence-corrected chi connectivity index (χ3v) is 4.80. The number of halogens is 1. The summed E-state index contributed by atoms with van der Waals surface area (Å²) >= 11 is 3.44. The fourth-order valence-corrected chi connectivity index (χ4v) is 2.47. The molecule has 1 atom stereocenters. The number of sulfonamides is 1.